The number of hydrogen-bond acceptors (Lipinski definition) is 4. The van der Waals surface area contributed by atoms with Gasteiger partial charge in [0.15, 0.2) is 0 Å². The van der Waals surface area contributed by atoms with E-state index in [1.807, 2.05) is 53.2 Å². The van der Waals surface area contributed by atoms with Gasteiger partial charge in [0, 0.05) is 37.7 Å². The van der Waals surface area contributed by atoms with Crippen LogP contribution in [0, 0.1) is 0 Å². The zero-order valence-corrected chi connectivity index (χ0v) is 16.8. The molecule has 1 aliphatic heterocycles. The van der Waals surface area contributed by atoms with Crippen LogP contribution in [0.15, 0.2) is 54.9 Å². The van der Waals surface area contributed by atoms with Gasteiger partial charge in [0.1, 0.15) is 5.65 Å². The third-order valence-corrected chi connectivity index (χ3v) is 5.00. The summed E-state index contributed by atoms with van der Waals surface area (Å²) in [7, 11) is 0. The predicted molar refractivity (Wildman–Crippen MR) is 113 cm³/mol. The highest BCUT2D eigenvalue weighted by Crippen LogP contribution is 2.20. The predicted octanol–water partition coefficient (Wildman–Crippen LogP) is 3.27. The van der Waals surface area contributed by atoms with Crippen molar-refractivity contribution in [1.29, 1.82) is 0 Å². The van der Waals surface area contributed by atoms with Gasteiger partial charge >= 0.3 is 6.03 Å². The van der Waals surface area contributed by atoms with Gasteiger partial charge in [0.25, 0.3) is 0 Å². The largest absolute Gasteiger partial charge is 0.373 e. The highest BCUT2D eigenvalue weighted by molar-refractivity contribution is 5.90. The number of carbonyl (C=O) groups excluding carboxylic acids is 1. The van der Waals surface area contributed by atoms with Crippen molar-refractivity contribution in [3.63, 3.8) is 0 Å². The van der Waals surface area contributed by atoms with Crippen molar-refractivity contribution >= 4 is 17.4 Å². The minimum Gasteiger partial charge on any atom is -0.373 e. The highest BCUT2D eigenvalue weighted by atomic mass is 16.5. The molecule has 1 aromatic carbocycles. The lowest BCUT2D eigenvalue weighted by atomic mass is 10.1. The Labute approximate surface area is 170 Å². The fraction of sp³-hybridized carbons (Fsp3) is 0.364. The van der Waals surface area contributed by atoms with E-state index in [-0.39, 0.29) is 18.2 Å². The summed E-state index contributed by atoms with van der Waals surface area (Å²) in [6.45, 7) is 7.12. The van der Waals surface area contributed by atoms with E-state index in [2.05, 4.69) is 40.4 Å². The number of amides is 2. The maximum Gasteiger partial charge on any atom is 0.319 e. The Morgan fingerprint density at radius 2 is 1.90 bits per heavy atom. The number of urea groups is 1. The molecule has 0 saturated carbocycles. The molecule has 1 saturated heterocycles. The maximum absolute atomic E-state index is 12.5. The first-order valence-corrected chi connectivity index (χ1v) is 10.00. The Bertz CT molecular complexity index is 943. The summed E-state index contributed by atoms with van der Waals surface area (Å²) in [4.78, 5) is 19.3. The monoisotopic (exact) mass is 393 g/mol. The first-order valence-electron chi connectivity index (χ1n) is 10.00. The van der Waals surface area contributed by atoms with Gasteiger partial charge in [-0.3, -0.25) is 4.90 Å². The fourth-order valence-electron chi connectivity index (χ4n) is 3.84. The van der Waals surface area contributed by atoms with E-state index in [0.29, 0.717) is 6.54 Å². The van der Waals surface area contributed by atoms with Gasteiger partial charge in [-0.2, -0.15) is 0 Å². The standard InChI is InChI=1S/C22H27N5O2/c1-16-12-26(13-17(2)29-16)14-18-7-3-4-8-20(18)25-22(28)23-11-19-15-27-10-6-5-9-21(27)24-19/h3-10,15-17H,11-14H2,1-2H3,(H2,23,25,28)/t16-,17-/m1/s1. The van der Waals surface area contributed by atoms with Crippen LogP contribution >= 0.6 is 0 Å². The lowest BCUT2D eigenvalue weighted by Crippen LogP contribution is -2.44. The molecule has 0 spiro atoms. The molecule has 152 valence electrons. The number of benzene rings is 1. The lowest BCUT2D eigenvalue weighted by Gasteiger charge is -2.35. The number of fused-ring (bicyclic) bond motifs is 1. The zero-order chi connectivity index (χ0) is 20.2. The van der Waals surface area contributed by atoms with E-state index in [1.54, 1.807) is 0 Å². The van der Waals surface area contributed by atoms with Crippen LogP contribution in [-0.2, 0) is 17.8 Å². The number of imidazole rings is 1. The smallest absolute Gasteiger partial charge is 0.319 e. The van der Waals surface area contributed by atoms with Crippen molar-refractivity contribution in [3.8, 4) is 0 Å². The SMILES string of the molecule is C[C@@H]1CN(Cc2ccccc2NC(=O)NCc2cn3ccccc3n2)C[C@@H](C)O1. The molecule has 2 atom stereocenters. The Morgan fingerprint density at radius 3 is 2.69 bits per heavy atom. The third kappa shape index (κ3) is 4.93. The van der Waals surface area contributed by atoms with Crippen molar-refractivity contribution in [2.24, 2.45) is 0 Å². The Kier molecular flexibility index (Phi) is 5.78. The molecule has 0 radical (unpaired) electrons. The molecule has 0 unspecified atom stereocenters. The number of hydrogen-bond donors (Lipinski definition) is 2. The molecule has 0 bridgehead atoms. The fourth-order valence-corrected chi connectivity index (χ4v) is 3.84. The molecule has 0 aliphatic carbocycles. The van der Waals surface area contributed by atoms with Gasteiger partial charge in [0.05, 0.1) is 24.4 Å². The second kappa shape index (κ2) is 8.63. The molecule has 2 amide bonds. The van der Waals surface area contributed by atoms with Crippen LogP contribution in [0.3, 0.4) is 0 Å². The van der Waals surface area contributed by atoms with Crippen LogP contribution in [0.1, 0.15) is 25.1 Å². The average molecular weight is 393 g/mol. The summed E-state index contributed by atoms with van der Waals surface area (Å²) in [6.07, 6.45) is 4.29. The lowest BCUT2D eigenvalue weighted by molar-refractivity contribution is -0.0704. The average Bonchev–Trinajstić information content (AvgIpc) is 3.10. The number of rotatable bonds is 5. The van der Waals surface area contributed by atoms with E-state index >= 15 is 0 Å². The third-order valence-electron chi connectivity index (χ3n) is 5.00. The summed E-state index contributed by atoms with van der Waals surface area (Å²) >= 11 is 0. The van der Waals surface area contributed by atoms with E-state index in [9.17, 15) is 4.79 Å². The quantitative estimate of drug-likeness (QED) is 0.698. The molecule has 3 heterocycles. The van der Waals surface area contributed by atoms with Crippen LogP contribution in [0.4, 0.5) is 10.5 Å². The first-order chi connectivity index (χ1) is 14.1. The minimum absolute atomic E-state index is 0.215. The topological polar surface area (TPSA) is 70.9 Å². The number of nitrogens with one attached hydrogen (secondary N) is 2. The summed E-state index contributed by atoms with van der Waals surface area (Å²) < 4.78 is 7.75. The number of aromatic nitrogens is 2. The summed E-state index contributed by atoms with van der Waals surface area (Å²) in [5, 5.41) is 5.88. The molecule has 1 fully saturated rings. The van der Waals surface area contributed by atoms with E-state index in [1.165, 1.54) is 0 Å². The number of pyridine rings is 1. The first kappa shape index (κ1) is 19.4. The second-order valence-corrected chi connectivity index (χ2v) is 7.61. The minimum atomic E-state index is -0.238. The van der Waals surface area contributed by atoms with Crippen molar-refractivity contribution in [2.75, 3.05) is 18.4 Å². The van der Waals surface area contributed by atoms with Crippen molar-refractivity contribution in [1.82, 2.24) is 19.6 Å². The van der Waals surface area contributed by atoms with Crippen LogP contribution in [-0.4, -0.2) is 45.6 Å². The van der Waals surface area contributed by atoms with E-state index in [4.69, 9.17) is 4.74 Å². The van der Waals surface area contributed by atoms with Gasteiger partial charge < -0.3 is 19.8 Å². The highest BCUT2D eigenvalue weighted by Gasteiger charge is 2.22. The number of nitrogens with zero attached hydrogens (tertiary/aromatic N) is 3. The van der Waals surface area contributed by atoms with Crippen molar-refractivity contribution in [2.45, 2.75) is 39.1 Å². The van der Waals surface area contributed by atoms with Gasteiger partial charge in [-0.15, -0.1) is 0 Å². The summed E-state index contributed by atoms with van der Waals surface area (Å²) in [5.41, 5.74) is 3.60. The second-order valence-electron chi connectivity index (χ2n) is 7.61. The molecule has 1 aliphatic rings. The van der Waals surface area contributed by atoms with Gasteiger partial charge in [-0.25, -0.2) is 9.78 Å². The molecule has 7 nitrogen and oxygen atoms in total. The van der Waals surface area contributed by atoms with E-state index < -0.39 is 0 Å². The summed E-state index contributed by atoms with van der Waals surface area (Å²) in [6, 6.07) is 13.5. The number of para-hydroxylation sites is 1. The molecule has 7 heteroatoms. The van der Waals surface area contributed by atoms with E-state index in [0.717, 1.165) is 42.2 Å². The van der Waals surface area contributed by atoms with Crippen LogP contribution in [0.25, 0.3) is 5.65 Å². The number of carbonyl (C=O) groups is 1. The molecular weight excluding hydrogens is 366 g/mol. The van der Waals surface area contributed by atoms with Crippen molar-refractivity contribution in [3.05, 3.63) is 66.1 Å². The molecular formula is C22H27N5O2. The number of morpholine rings is 1. The van der Waals surface area contributed by atoms with Gasteiger partial charge in [-0.05, 0) is 37.6 Å². The maximum atomic E-state index is 12.5. The molecule has 29 heavy (non-hydrogen) atoms. The van der Waals surface area contributed by atoms with Gasteiger partial charge in [0.2, 0.25) is 0 Å². The number of ether oxygens (including phenoxy) is 1. The van der Waals surface area contributed by atoms with Crippen molar-refractivity contribution < 1.29 is 9.53 Å². The normalized spacial score (nSPS) is 19.9. The molecule has 2 N–H and O–H groups in total. The van der Waals surface area contributed by atoms with Gasteiger partial charge in [-0.1, -0.05) is 24.3 Å². The van der Waals surface area contributed by atoms with Crippen LogP contribution in [0.2, 0.25) is 0 Å². The Balaban J connectivity index is 1.36. The molecule has 2 aromatic heterocycles. The van der Waals surface area contributed by atoms with Crippen LogP contribution in [0.5, 0.6) is 0 Å². The molecule has 3 aromatic rings. The zero-order valence-electron chi connectivity index (χ0n) is 16.8. The van der Waals surface area contributed by atoms with Crippen LogP contribution < -0.4 is 10.6 Å². The Hall–Kier alpha value is -2.90. The Morgan fingerprint density at radius 1 is 1.14 bits per heavy atom. The summed E-state index contributed by atoms with van der Waals surface area (Å²) in [5.74, 6) is 0. The molecule has 4 rings (SSSR count). The number of anilines is 1.